The fraction of sp³-hybridized carbons (Fsp3) is 0.355. The molecule has 0 spiro atoms. The lowest BCUT2D eigenvalue weighted by Crippen LogP contribution is -2.47. The van der Waals surface area contributed by atoms with E-state index >= 15 is 0 Å². The normalized spacial score (nSPS) is 15.6. The quantitative estimate of drug-likeness (QED) is 0.306. The number of piperazine rings is 1. The third-order valence-electron chi connectivity index (χ3n) is 7.56. The molecule has 3 N–H and O–H groups in total. The molecule has 2 fully saturated rings. The van der Waals surface area contributed by atoms with Crippen LogP contribution in [0.3, 0.4) is 0 Å². The number of morpholine rings is 1. The molecule has 43 heavy (non-hydrogen) atoms. The molecule has 2 saturated heterocycles. The van der Waals surface area contributed by atoms with Gasteiger partial charge in [0.25, 0.3) is 5.91 Å². The van der Waals surface area contributed by atoms with Crippen LogP contribution in [0, 0.1) is 0 Å². The van der Waals surface area contributed by atoms with Crippen molar-refractivity contribution in [3.8, 4) is 5.75 Å². The first kappa shape index (κ1) is 30.7. The Morgan fingerprint density at radius 3 is 2.21 bits per heavy atom. The van der Waals surface area contributed by atoms with Gasteiger partial charge in [-0.2, -0.15) is 0 Å². The number of carbonyl (C=O) groups is 2. The maximum atomic E-state index is 13.6. The number of ether oxygens (including phenoxy) is 2. The molecule has 5 rings (SSSR count). The number of rotatable bonds is 9. The van der Waals surface area contributed by atoms with E-state index in [0.717, 1.165) is 49.8 Å². The van der Waals surface area contributed by atoms with Crippen molar-refractivity contribution in [2.75, 3.05) is 93.1 Å². The van der Waals surface area contributed by atoms with Crippen molar-refractivity contribution in [3.05, 3.63) is 76.3 Å². The van der Waals surface area contributed by atoms with E-state index in [2.05, 4.69) is 36.7 Å². The summed E-state index contributed by atoms with van der Waals surface area (Å²) in [6, 6.07) is 17.8. The predicted octanol–water partition coefficient (Wildman–Crippen LogP) is 5.03. The summed E-state index contributed by atoms with van der Waals surface area (Å²) in [5.74, 6) is 0.636. The number of carbonyl (C=O) groups excluding carboxylic acids is 2. The molecule has 0 radical (unpaired) electrons. The molecule has 3 aromatic rings. The van der Waals surface area contributed by atoms with Crippen molar-refractivity contribution in [1.29, 1.82) is 0 Å². The van der Waals surface area contributed by atoms with Crippen LogP contribution in [0.1, 0.15) is 10.4 Å². The van der Waals surface area contributed by atoms with Crippen molar-refractivity contribution in [2.24, 2.45) is 0 Å². The van der Waals surface area contributed by atoms with Crippen LogP contribution < -0.4 is 30.5 Å². The fourth-order valence-corrected chi connectivity index (χ4v) is 5.78. The molecule has 3 amide bonds. The third-order valence-corrected chi connectivity index (χ3v) is 8.19. The first-order valence-electron chi connectivity index (χ1n) is 14.3. The van der Waals surface area contributed by atoms with Crippen LogP contribution in [0.15, 0.2) is 60.7 Å². The van der Waals surface area contributed by atoms with Crippen LogP contribution in [0.5, 0.6) is 5.75 Å². The van der Waals surface area contributed by atoms with E-state index in [1.807, 2.05) is 24.3 Å². The first-order valence-corrected chi connectivity index (χ1v) is 15.1. The van der Waals surface area contributed by atoms with Crippen LogP contribution in [0.4, 0.5) is 27.5 Å². The smallest absolute Gasteiger partial charge is 0.323 e. The molecule has 228 valence electrons. The van der Waals surface area contributed by atoms with Crippen LogP contribution in [0.25, 0.3) is 0 Å². The summed E-state index contributed by atoms with van der Waals surface area (Å²) < 4.78 is 11.0. The SMILES string of the molecule is COc1ccccc1N1CCN(c2ccc(NC(=O)Nc3c(Cl)cccc3Cl)cc2C(=O)NCCN2CCOCC2)CC1. The minimum absolute atomic E-state index is 0.200. The lowest BCUT2D eigenvalue weighted by atomic mass is 10.1. The molecule has 10 nitrogen and oxygen atoms in total. The van der Waals surface area contributed by atoms with Crippen molar-refractivity contribution in [2.45, 2.75) is 0 Å². The molecular weight excluding hydrogens is 591 g/mol. The highest BCUT2D eigenvalue weighted by atomic mass is 35.5. The number of benzene rings is 3. The van der Waals surface area contributed by atoms with E-state index in [1.165, 1.54) is 0 Å². The molecule has 0 aromatic heterocycles. The molecule has 0 aliphatic carbocycles. The minimum Gasteiger partial charge on any atom is -0.495 e. The number of anilines is 4. The molecule has 0 atom stereocenters. The Morgan fingerprint density at radius 1 is 0.837 bits per heavy atom. The number of halogens is 2. The zero-order chi connectivity index (χ0) is 30.2. The van der Waals surface area contributed by atoms with Crippen molar-refractivity contribution < 1.29 is 19.1 Å². The molecular formula is C31H36Cl2N6O4. The van der Waals surface area contributed by atoms with Crippen LogP contribution in [-0.2, 0) is 4.74 Å². The standard InChI is InChI=1S/C31H36Cl2N6O4/c1-42-28-8-3-2-7-27(28)39-15-13-38(14-16-39)26-10-9-22(35-31(41)36-29-24(32)5-4-6-25(29)33)21-23(26)30(40)34-11-12-37-17-19-43-20-18-37/h2-10,21H,11-20H2,1H3,(H,34,40)(H2,35,36,41). The van der Waals surface area contributed by atoms with Gasteiger partial charge in [-0.25, -0.2) is 4.79 Å². The number of amides is 3. The lowest BCUT2D eigenvalue weighted by Gasteiger charge is -2.38. The topological polar surface area (TPSA) is 98.4 Å². The lowest BCUT2D eigenvalue weighted by molar-refractivity contribution is 0.0383. The zero-order valence-corrected chi connectivity index (χ0v) is 25.6. The van der Waals surface area contributed by atoms with E-state index in [0.29, 0.717) is 59.8 Å². The Hall–Kier alpha value is -3.70. The number of hydrogen-bond acceptors (Lipinski definition) is 7. The zero-order valence-electron chi connectivity index (χ0n) is 24.1. The average molecular weight is 628 g/mol. The van der Waals surface area contributed by atoms with Gasteiger partial charge < -0.3 is 35.2 Å². The van der Waals surface area contributed by atoms with Crippen LogP contribution >= 0.6 is 23.2 Å². The Labute approximate surface area is 261 Å². The van der Waals surface area contributed by atoms with E-state index in [9.17, 15) is 9.59 Å². The highest BCUT2D eigenvalue weighted by molar-refractivity contribution is 6.39. The van der Waals surface area contributed by atoms with Crippen LogP contribution in [-0.4, -0.2) is 89.5 Å². The largest absolute Gasteiger partial charge is 0.495 e. The maximum Gasteiger partial charge on any atom is 0.323 e. The van der Waals surface area contributed by atoms with E-state index in [4.69, 9.17) is 32.7 Å². The summed E-state index contributed by atoms with van der Waals surface area (Å²) in [6.45, 7) is 7.29. The number of urea groups is 1. The highest BCUT2D eigenvalue weighted by Crippen LogP contribution is 2.32. The molecule has 3 aromatic carbocycles. The molecule has 2 aliphatic rings. The molecule has 0 unspecified atom stereocenters. The summed E-state index contributed by atoms with van der Waals surface area (Å²) in [6.07, 6.45) is 0. The Kier molecular flexibility index (Phi) is 10.5. The number of nitrogens with one attached hydrogen (secondary N) is 3. The van der Waals surface area contributed by atoms with Gasteiger partial charge in [-0.15, -0.1) is 0 Å². The number of para-hydroxylation sites is 3. The van der Waals surface area contributed by atoms with Gasteiger partial charge in [0.05, 0.1) is 47.3 Å². The summed E-state index contributed by atoms with van der Waals surface area (Å²) in [5.41, 5.74) is 3.13. The fourth-order valence-electron chi connectivity index (χ4n) is 5.29. The van der Waals surface area contributed by atoms with Crippen molar-refractivity contribution >= 4 is 57.9 Å². The number of methoxy groups -OCH3 is 1. The molecule has 2 heterocycles. The van der Waals surface area contributed by atoms with Gasteiger partial charge in [0.2, 0.25) is 0 Å². The second-order valence-corrected chi connectivity index (χ2v) is 11.1. The van der Waals surface area contributed by atoms with Crippen LogP contribution in [0.2, 0.25) is 10.0 Å². The van der Waals surface area contributed by atoms with E-state index in [1.54, 1.807) is 37.4 Å². The van der Waals surface area contributed by atoms with Gasteiger partial charge in [0.15, 0.2) is 0 Å². The van der Waals surface area contributed by atoms with Gasteiger partial charge in [-0.1, -0.05) is 41.4 Å². The molecule has 2 aliphatic heterocycles. The number of nitrogens with zero attached hydrogens (tertiary/aromatic N) is 3. The molecule has 0 bridgehead atoms. The summed E-state index contributed by atoms with van der Waals surface area (Å²) in [7, 11) is 1.68. The maximum absolute atomic E-state index is 13.6. The molecule has 0 saturated carbocycles. The predicted molar refractivity (Wildman–Crippen MR) is 173 cm³/mol. The van der Waals surface area contributed by atoms with Gasteiger partial charge in [-0.05, 0) is 42.5 Å². The summed E-state index contributed by atoms with van der Waals surface area (Å²) in [4.78, 5) is 33.2. The Bertz CT molecular complexity index is 1410. The monoisotopic (exact) mass is 626 g/mol. The molecule has 12 heteroatoms. The van der Waals surface area contributed by atoms with Gasteiger partial charge >= 0.3 is 6.03 Å². The van der Waals surface area contributed by atoms with Crippen molar-refractivity contribution in [3.63, 3.8) is 0 Å². The average Bonchev–Trinajstić information content (AvgIpc) is 3.03. The minimum atomic E-state index is -0.521. The number of hydrogen-bond donors (Lipinski definition) is 3. The second-order valence-electron chi connectivity index (χ2n) is 10.3. The van der Waals surface area contributed by atoms with Gasteiger partial charge in [0.1, 0.15) is 5.75 Å². The van der Waals surface area contributed by atoms with Crippen molar-refractivity contribution in [1.82, 2.24) is 10.2 Å². The first-order chi connectivity index (χ1) is 20.9. The van der Waals surface area contributed by atoms with Gasteiger partial charge in [-0.3, -0.25) is 9.69 Å². The second kappa shape index (κ2) is 14.7. The van der Waals surface area contributed by atoms with E-state index < -0.39 is 6.03 Å². The Morgan fingerprint density at radius 2 is 1.51 bits per heavy atom. The Balaban J connectivity index is 1.31. The third kappa shape index (κ3) is 7.83. The summed E-state index contributed by atoms with van der Waals surface area (Å²) in [5, 5.41) is 9.23. The summed E-state index contributed by atoms with van der Waals surface area (Å²) >= 11 is 12.4. The van der Waals surface area contributed by atoms with Gasteiger partial charge in [0, 0.05) is 63.7 Å². The van der Waals surface area contributed by atoms with E-state index in [-0.39, 0.29) is 5.91 Å². The highest BCUT2D eigenvalue weighted by Gasteiger charge is 2.24.